The quantitative estimate of drug-likeness (QED) is 0.541. The number of carbonyl (C=O) groups excluding carboxylic acids is 1. The fourth-order valence-corrected chi connectivity index (χ4v) is 0.384. The Bertz CT molecular complexity index is 183. The largest absolute Gasteiger partial charge is 0.530 e. The van der Waals surface area contributed by atoms with Crippen LogP contribution in [0.1, 0.15) is 20.8 Å². The summed E-state index contributed by atoms with van der Waals surface area (Å²) in [6.07, 6.45) is -2.54. The van der Waals surface area contributed by atoms with Crippen LogP contribution in [0.15, 0.2) is 0 Å². The molecule has 6 nitrogen and oxygen atoms in total. The van der Waals surface area contributed by atoms with Crippen molar-refractivity contribution in [3.63, 3.8) is 0 Å². The maximum Gasteiger partial charge on any atom is 0.530 e. The van der Waals surface area contributed by atoms with Crippen molar-refractivity contribution in [1.82, 2.24) is 5.48 Å². The Balaban J connectivity index is 3.68. The molecule has 0 aliphatic heterocycles. The van der Waals surface area contributed by atoms with Gasteiger partial charge in [-0.1, -0.05) is 0 Å². The highest BCUT2D eigenvalue weighted by Crippen LogP contribution is 2.06. The van der Waals surface area contributed by atoms with Crippen LogP contribution in [0.3, 0.4) is 0 Å². The normalized spacial score (nSPS) is 10.2. The summed E-state index contributed by atoms with van der Waals surface area (Å²) in [5.41, 5.74) is 0.903. The zero-order valence-electron chi connectivity index (χ0n) is 7.08. The van der Waals surface area contributed by atoms with E-state index in [1.807, 2.05) is 0 Å². The lowest BCUT2D eigenvalue weighted by molar-refractivity contribution is 0.00117. The van der Waals surface area contributed by atoms with Crippen LogP contribution in [0.5, 0.6) is 0 Å². The highest BCUT2D eigenvalue weighted by Gasteiger charge is 2.16. The van der Waals surface area contributed by atoms with Crippen LogP contribution in [-0.2, 0) is 9.57 Å². The Labute approximate surface area is 69.4 Å². The van der Waals surface area contributed by atoms with Gasteiger partial charge in [-0.25, -0.2) is 9.59 Å². The van der Waals surface area contributed by atoms with Crippen LogP contribution in [0.2, 0.25) is 0 Å². The van der Waals surface area contributed by atoms with Crippen molar-refractivity contribution < 1.29 is 24.3 Å². The first-order valence-electron chi connectivity index (χ1n) is 3.20. The lowest BCUT2D eigenvalue weighted by Gasteiger charge is -2.18. The van der Waals surface area contributed by atoms with Crippen molar-refractivity contribution in [2.75, 3.05) is 0 Å². The number of hydrogen-bond donors (Lipinski definition) is 2. The Morgan fingerprint density at radius 2 is 1.83 bits per heavy atom. The molecule has 0 fully saturated rings. The molecule has 0 rings (SSSR count). The summed E-state index contributed by atoms with van der Waals surface area (Å²) in [5, 5.41) is 7.97. The monoisotopic (exact) mass is 177 g/mol. The van der Waals surface area contributed by atoms with E-state index in [-0.39, 0.29) is 0 Å². The SMILES string of the molecule is CC(C)(C)OC(=O)NOC(=O)O. The average Bonchev–Trinajstić information content (AvgIpc) is 1.79. The average molecular weight is 177 g/mol. The number of hydroxylamine groups is 1. The van der Waals surface area contributed by atoms with Crippen LogP contribution in [0.25, 0.3) is 0 Å². The molecule has 1 amide bonds. The first-order chi connectivity index (χ1) is 5.31. The molecule has 2 N–H and O–H groups in total. The van der Waals surface area contributed by atoms with Crippen molar-refractivity contribution in [3.8, 4) is 0 Å². The van der Waals surface area contributed by atoms with Crippen molar-refractivity contribution >= 4 is 12.2 Å². The molecule has 0 atom stereocenters. The van der Waals surface area contributed by atoms with Crippen LogP contribution in [0, 0.1) is 0 Å². The smallest absolute Gasteiger partial charge is 0.448 e. The van der Waals surface area contributed by atoms with E-state index in [4.69, 9.17) is 5.11 Å². The van der Waals surface area contributed by atoms with Crippen LogP contribution in [-0.4, -0.2) is 23.0 Å². The van der Waals surface area contributed by atoms with E-state index in [0.29, 0.717) is 0 Å². The maximum absolute atomic E-state index is 10.6. The van der Waals surface area contributed by atoms with E-state index in [0.717, 1.165) is 0 Å². The zero-order valence-corrected chi connectivity index (χ0v) is 7.08. The number of rotatable bonds is 0. The van der Waals surface area contributed by atoms with Crippen LogP contribution in [0.4, 0.5) is 9.59 Å². The lowest BCUT2D eigenvalue weighted by Crippen LogP contribution is -2.33. The van der Waals surface area contributed by atoms with E-state index < -0.39 is 17.8 Å². The second-order valence-electron chi connectivity index (χ2n) is 2.97. The third-order valence-corrected chi connectivity index (χ3v) is 0.621. The standard InChI is InChI=1S/C6H11NO5/c1-6(2,3)11-4(8)7-12-5(9)10/h1-3H3,(H,7,8)(H,9,10). The zero-order chi connectivity index (χ0) is 9.78. The first-order valence-corrected chi connectivity index (χ1v) is 3.20. The molecular weight excluding hydrogens is 166 g/mol. The summed E-state index contributed by atoms with van der Waals surface area (Å²) in [6.45, 7) is 4.94. The minimum Gasteiger partial charge on any atom is -0.448 e. The van der Waals surface area contributed by atoms with E-state index in [1.165, 1.54) is 0 Å². The van der Waals surface area contributed by atoms with E-state index >= 15 is 0 Å². The van der Waals surface area contributed by atoms with E-state index in [2.05, 4.69) is 9.57 Å². The Morgan fingerprint density at radius 1 is 1.33 bits per heavy atom. The molecule has 0 saturated heterocycles. The van der Waals surface area contributed by atoms with Gasteiger partial charge in [0.05, 0.1) is 0 Å². The molecule has 0 aromatic carbocycles. The van der Waals surface area contributed by atoms with Gasteiger partial charge in [-0.05, 0) is 20.8 Å². The summed E-state index contributed by atoms with van der Waals surface area (Å²) >= 11 is 0. The van der Waals surface area contributed by atoms with Gasteiger partial charge >= 0.3 is 12.2 Å². The fraction of sp³-hybridized carbons (Fsp3) is 0.667. The van der Waals surface area contributed by atoms with Crippen molar-refractivity contribution in [2.24, 2.45) is 0 Å². The Kier molecular flexibility index (Phi) is 3.33. The molecule has 0 saturated carbocycles. The van der Waals surface area contributed by atoms with Crippen molar-refractivity contribution in [1.29, 1.82) is 0 Å². The van der Waals surface area contributed by atoms with Gasteiger partial charge in [0.15, 0.2) is 0 Å². The van der Waals surface area contributed by atoms with Crippen molar-refractivity contribution in [3.05, 3.63) is 0 Å². The molecule has 0 bridgehead atoms. The van der Waals surface area contributed by atoms with Gasteiger partial charge in [-0.15, -0.1) is 5.48 Å². The molecule has 0 radical (unpaired) electrons. The van der Waals surface area contributed by atoms with Gasteiger partial charge in [-0.2, -0.15) is 0 Å². The van der Waals surface area contributed by atoms with Crippen LogP contribution >= 0.6 is 0 Å². The summed E-state index contributed by atoms with van der Waals surface area (Å²) < 4.78 is 4.65. The molecule has 0 aliphatic rings. The second kappa shape index (κ2) is 3.80. The first kappa shape index (κ1) is 10.5. The summed E-state index contributed by atoms with van der Waals surface area (Å²) in [4.78, 5) is 24.2. The molecule has 6 heteroatoms. The van der Waals surface area contributed by atoms with Gasteiger partial charge in [0.25, 0.3) is 0 Å². The molecule has 0 heterocycles. The summed E-state index contributed by atoms with van der Waals surface area (Å²) in [6, 6.07) is 0. The fourth-order valence-electron chi connectivity index (χ4n) is 0.384. The van der Waals surface area contributed by atoms with Gasteiger partial charge in [0, 0.05) is 0 Å². The molecule has 0 aromatic rings. The van der Waals surface area contributed by atoms with E-state index in [1.54, 1.807) is 26.3 Å². The molecule has 0 aliphatic carbocycles. The number of carboxylic acid groups (broad SMARTS) is 1. The third-order valence-electron chi connectivity index (χ3n) is 0.621. The topological polar surface area (TPSA) is 84.9 Å². The highest BCUT2D eigenvalue weighted by molar-refractivity contribution is 5.68. The second-order valence-corrected chi connectivity index (χ2v) is 2.97. The third kappa shape index (κ3) is 6.66. The molecular formula is C6H11NO5. The summed E-state index contributed by atoms with van der Waals surface area (Å²) in [5.74, 6) is 0. The molecule has 0 spiro atoms. The lowest BCUT2D eigenvalue weighted by atomic mass is 10.2. The summed E-state index contributed by atoms with van der Waals surface area (Å²) in [7, 11) is 0. The van der Waals surface area contributed by atoms with Gasteiger partial charge in [0.2, 0.25) is 0 Å². The maximum atomic E-state index is 10.6. The van der Waals surface area contributed by atoms with E-state index in [9.17, 15) is 9.59 Å². The highest BCUT2D eigenvalue weighted by atomic mass is 16.8. The van der Waals surface area contributed by atoms with Crippen molar-refractivity contribution in [2.45, 2.75) is 26.4 Å². The molecule has 12 heavy (non-hydrogen) atoms. The van der Waals surface area contributed by atoms with Gasteiger partial charge < -0.3 is 14.7 Å². The Morgan fingerprint density at radius 3 is 2.17 bits per heavy atom. The number of ether oxygens (including phenoxy) is 1. The van der Waals surface area contributed by atoms with Gasteiger partial charge in [0.1, 0.15) is 5.60 Å². The number of hydrogen-bond acceptors (Lipinski definition) is 4. The number of nitrogens with one attached hydrogen (secondary N) is 1. The number of amides is 1. The van der Waals surface area contributed by atoms with Gasteiger partial charge in [-0.3, -0.25) is 0 Å². The minimum atomic E-state index is -1.60. The molecule has 0 aromatic heterocycles. The number of carbonyl (C=O) groups is 2. The minimum absolute atomic E-state index is 0.675. The van der Waals surface area contributed by atoms with Crippen LogP contribution < -0.4 is 5.48 Å². The molecule has 0 unspecified atom stereocenters. The molecule has 70 valence electrons. The predicted molar refractivity (Wildman–Crippen MR) is 38.5 cm³/mol. The predicted octanol–water partition coefficient (Wildman–Crippen LogP) is 1.12. The Hall–Kier alpha value is -1.46.